The molecule has 0 bridgehead atoms. The van der Waals surface area contributed by atoms with E-state index < -0.39 is 4.92 Å². The standard InChI is InChI=1S/C14H18ClN3O3/c1-10(17-6-2-3-7-17)9-16-14(19)11-4-5-12(15)13(8-11)18(20)21/h4-5,8,10H,2-3,6-7,9H2,1H3,(H,16,19). The van der Waals surface area contributed by atoms with Crippen LogP contribution in [0.15, 0.2) is 18.2 Å². The maximum absolute atomic E-state index is 12.1. The van der Waals surface area contributed by atoms with Gasteiger partial charge in [-0.1, -0.05) is 11.6 Å². The van der Waals surface area contributed by atoms with E-state index in [-0.39, 0.29) is 28.2 Å². The SMILES string of the molecule is CC(CNC(=O)c1ccc(Cl)c([N+](=O)[O-])c1)N1CCCC1. The first-order chi connectivity index (χ1) is 9.99. The highest BCUT2D eigenvalue weighted by Crippen LogP contribution is 2.25. The van der Waals surface area contributed by atoms with Crippen LogP contribution in [0.4, 0.5) is 5.69 Å². The van der Waals surface area contributed by atoms with Gasteiger partial charge in [-0.2, -0.15) is 0 Å². The molecular weight excluding hydrogens is 294 g/mol. The Morgan fingerprint density at radius 2 is 2.14 bits per heavy atom. The molecule has 6 nitrogen and oxygen atoms in total. The number of benzene rings is 1. The molecule has 1 atom stereocenters. The van der Waals surface area contributed by atoms with E-state index in [2.05, 4.69) is 17.1 Å². The predicted octanol–water partition coefficient (Wildman–Crippen LogP) is 2.46. The van der Waals surface area contributed by atoms with Crippen molar-refractivity contribution < 1.29 is 9.72 Å². The Morgan fingerprint density at radius 3 is 2.76 bits per heavy atom. The smallest absolute Gasteiger partial charge is 0.288 e. The van der Waals surface area contributed by atoms with E-state index in [9.17, 15) is 14.9 Å². The van der Waals surface area contributed by atoms with Crippen molar-refractivity contribution in [1.29, 1.82) is 0 Å². The van der Waals surface area contributed by atoms with Gasteiger partial charge in [-0.05, 0) is 45.0 Å². The number of hydrogen-bond donors (Lipinski definition) is 1. The van der Waals surface area contributed by atoms with Gasteiger partial charge in [-0.3, -0.25) is 19.8 Å². The molecule has 1 heterocycles. The number of carbonyl (C=O) groups excluding carboxylic acids is 1. The van der Waals surface area contributed by atoms with Gasteiger partial charge in [0.1, 0.15) is 5.02 Å². The van der Waals surface area contributed by atoms with Gasteiger partial charge < -0.3 is 5.32 Å². The number of nitro benzene ring substituents is 1. The molecule has 1 N–H and O–H groups in total. The lowest BCUT2D eigenvalue weighted by Crippen LogP contribution is -2.40. The Morgan fingerprint density at radius 1 is 1.48 bits per heavy atom. The molecule has 1 aliphatic heterocycles. The Bertz CT molecular complexity index is 544. The van der Waals surface area contributed by atoms with E-state index in [0.717, 1.165) is 13.1 Å². The van der Waals surface area contributed by atoms with Crippen molar-refractivity contribution in [3.8, 4) is 0 Å². The van der Waals surface area contributed by atoms with E-state index in [0.29, 0.717) is 6.54 Å². The summed E-state index contributed by atoms with van der Waals surface area (Å²) in [5.41, 5.74) is -0.00312. The summed E-state index contributed by atoms with van der Waals surface area (Å²) < 4.78 is 0. The molecule has 1 unspecified atom stereocenters. The number of nitrogens with one attached hydrogen (secondary N) is 1. The molecule has 0 radical (unpaired) electrons. The Labute approximate surface area is 128 Å². The maximum atomic E-state index is 12.1. The van der Waals surface area contributed by atoms with Gasteiger partial charge in [0, 0.05) is 24.2 Å². The molecule has 1 aliphatic rings. The normalized spacial score (nSPS) is 16.7. The number of rotatable bonds is 5. The third kappa shape index (κ3) is 3.92. The lowest BCUT2D eigenvalue weighted by Gasteiger charge is -2.23. The zero-order valence-electron chi connectivity index (χ0n) is 11.8. The van der Waals surface area contributed by atoms with Crippen LogP contribution in [0.2, 0.25) is 5.02 Å². The maximum Gasteiger partial charge on any atom is 0.288 e. The van der Waals surface area contributed by atoms with Crippen LogP contribution in [0, 0.1) is 10.1 Å². The lowest BCUT2D eigenvalue weighted by molar-refractivity contribution is -0.384. The van der Waals surface area contributed by atoms with Crippen LogP contribution >= 0.6 is 11.6 Å². The van der Waals surface area contributed by atoms with Crippen LogP contribution < -0.4 is 5.32 Å². The number of nitro groups is 1. The molecule has 21 heavy (non-hydrogen) atoms. The highest BCUT2D eigenvalue weighted by atomic mass is 35.5. The van der Waals surface area contributed by atoms with Gasteiger partial charge in [0.05, 0.1) is 4.92 Å². The van der Waals surface area contributed by atoms with Gasteiger partial charge in [-0.25, -0.2) is 0 Å². The van der Waals surface area contributed by atoms with E-state index in [4.69, 9.17) is 11.6 Å². The second-order valence-corrected chi connectivity index (χ2v) is 5.63. The second-order valence-electron chi connectivity index (χ2n) is 5.23. The first-order valence-corrected chi connectivity index (χ1v) is 7.33. The van der Waals surface area contributed by atoms with Gasteiger partial charge in [0.25, 0.3) is 11.6 Å². The van der Waals surface area contributed by atoms with Crippen LogP contribution in [0.1, 0.15) is 30.1 Å². The number of hydrogen-bond acceptors (Lipinski definition) is 4. The van der Waals surface area contributed by atoms with Crippen molar-refractivity contribution >= 4 is 23.2 Å². The Balaban J connectivity index is 1.96. The van der Waals surface area contributed by atoms with Gasteiger partial charge in [0.15, 0.2) is 0 Å². The number of carbonyl (C=O) groups is 1. The van der Waals surface area contributed by atoms with Crippen LogP contribution in [-0.4, -0.2) is 41.4 Å². The Kier molecular flexibility index (Phi) is 5.14. The van der Waals surface area contributed by atoms with Crippen LogP contribution in [0.5, 0.6) is 0 Å². The highest BCUT2D eigenvalue weighted by molar-refractivity contribution is 6.32. The monoisotopic (exact) mass is 311 g/mol. The van der Waals surface area contributed by atoms with Crippen molar-refractivity contribution in [3.05, 3.63) is 38.9 Å². The lowest BCUT2D eigenvalue weighted by atomic mass is 10.2. The number of likely N-dealkylation sites (tertiary alicyclic amines) is 1. The molecule has 0 aliphatic carbocycles. The topological polar surface area (TPSA) is 75.5 Å². The third-order valence-electron chi connectivity index (χ3n) is 3.73. The summed E-state index contributed by atoms with van der Waals surface area (Å²) in [6.45, 7) is 4.71. The molecule has 2 rings (SSSR count). The molecule has 7 heteroatoms. The zero-order chi connectivity index (χ0) is 15.4. The van der Waals surface area contributed by atoms with Crippen LogP contribution in [0.25, 0.3) is 0 Å². The zero-order valence-corrected chi connectivity index (χ0v) is 12.6. The summed E-state index contributed by atoms with van der Waals surface area (Å²) in [6, 6.07) is 4.33. The van der Waals surface area contributed by atoms with Gasteiger partial charge >= 0.3 is 0 Å². The first-order valence-electron chi connectivity index (χ1n) is 6.95. The molecule has 114 valence electrons. The molecule has 1 fully saturated rings. The van der Waals surface area contributed by atoms with Crippen molar-refractivity contribution in [1.82, 2.24) is 10.2 Å². The highest BCUT2D eigenvalue weighted by Gasteiger charge is 2.20. The fourth-order valence-electron chi connectivity index (χ4n) is 2.45. The molecular formula is C14H18ClN3O3. The Hall–Kier alpha value is -1.66. The average Bonchev–Trinajstić information content (AvgIpc) is 2.98. The van der Waals surface area contributed by atoms with Crippen LogP contribution in [-0.2, 0) is 0 Å². The minimum atomic E-state index is -0.591. The number of amides is 1. The quantitative estimate of drug-likeness (QED) is 0.669. The average molecular weight is 312 g/mol. The largest absolute Gasteiger partial charge is 0.350 e. The molecule has 1 amide bonds. The summed E-state index contributed by atoms with van der Waals surface area (Å²) in [5, 5.41) is 13.7. The van der Waals surface area contributed by atoms with E-state index in [1.807, 2.05) is 0 Å². The summed E-state index contributed by atoms with van der Waals surface area (Å²) in [7, 11) is 0. The fraction of sp³-hybridized carbons (Fsp3) is 0.500. The van der Waals surface area contributed by atoms with Crippen LogP contribution in [0.3, 0.4) is 0 Å². The molecule has 0 aromatic heterocycles. The summed E-state index contributed by atoms with van der Waals surface area (Å²) in [6.07, 6.45) is 2.39. The number of halogens is 1. The number of nitrogens with zero attached hydrogens (tertiary/aromatic N) is 2. The minimum absolute atomic E-state index is 0.0296. The van der Waals surface area contributed by atoms with E-state index >= 15 is 0 Å². The van der Waals surface area contributed by atoms with Crippen molar-refractivity contribution in [2.24, 2.45) is 0 Å². The second kappa shape index (κ2) is 6.87. The third-order valence-corrected chi connectivity index (χ3v) is 4.05. The minimum Gasteiger partial charge on any atom is -0.350 e. The van der Waals surface area contributed by atoms with Crippen molar-refractivity contribution in [2.45, 2.75) is 25.8 Å². The summed E-state index contributed by atoms with van der Waals surface area (Å²) in [5.74, 6) is -0.319. The summed E-state index contributed by atoms with van der Waals surface area (Å²) >= 11 is 5.73. The molecule has 1 aromatic rings. The van der Waals surface area contributed by atoms with Gasteiger partial charge in [-0.15, -0.1) is 0 Å². The van der Waals surface area contributed by atoms with Gasteiger partial charge in [0.2, 0.25) is 0 Å². The predicted molar refractivity (Wildman–Crippen MR) is 80.7 cm³/mol. The molecule has 1 saturated heterocycles. The van der Waals surface area contributed by atoms with Crippen molar-refractivity contribution in [3.63, 3.8) is 0 Å². The van der Waals surface area contributed by atoms with E-state index in [1.165, 1.54) is 31.0 Å². The van der Waals surface area contributed by atoms with E-state index in [1.54, 1.807) is 0 Å². The van der Waals surface area contributed by atoms with Crippen molar-refractivity contribution in [2.75, 3.05) is 19.6 Å². The fourth-order valence-corrected chi connectivity index (χ4v) is 2.63. The molecule has 0 spiro atoms. The molecule has 1 aromatic carbocycles. The first kappa shape index (κ1) is 15.7. The summed E-state index contributed by atoms with van der Waals surface area (Å²) in [4.78, 5) is 24.6. The molecule has 0 saturated carbocycles.